The van der Waals surface area contributed by atoms with Gasteiger partial charge in [-0.25, -0.2) is 14.8 Å². The van der Waals surface area contributed by atoms with Gasteiger partial charge in [0.2, 0.25) is 0 Å². The summed E-state index contributed by atoms with van der Waals surface area (Å²) < 4.78 is 1.61. The lowest BCUT2D eigenvalue weighted by molar-refractivity contribution is 0.0690. The molecule has 0 saturated carbocycles. The molecule has 21 heavy (non-hydrogen) atoms. The summed E-state index contributed by atoms with van der Waals surface area (Å²) in [4.78, 5) is 31.6. The quantitative estimate of drug-likeness (QED) is 0.911. The Morgan fingerprint density at radius 1 is 1.38 bits per heavy atom. The summed E-state index contributed by atoms with van der Waals surface area (Å²) in [6.45, 7) is 4.68. The molecule has 0 aromatic carbocycles. The molecule has 6 nitrogen and oxygen atoms in total. The van der Waals surface area contributed by atoms with Crippen LogP contribution in [0.2, 0.25) is 0 Å². The maximum atomic E-state index is 12.3. The van der Waals surface area contributed by atoms with Gasteiger partial charge in [-0.1, -0.05) is 25.6 Å². The molecule has 2 rings (SSSR count). The Bertz CT molecular complexity index is 713. The van der Waals surface area contributed by atoms with Crippen LogP contribution in [0.15, 0.2) is 45.4 Å². The van der Waals surface area contributed by atoms with E-state index in [0.29, 0.717) is 22.4 Å². The fourth-order valence-electron chi connectivity index (χ4n) is 1.74. The van der Waals surface area contributed by atoms with Gasteiger partial charge < -0.3 is 9.67 Å². The van der Waals surface area contributed by atoms with Gasteiger partial charge in [0.1, 0.15) is 5.69 Å². The minimum atomic E-state index is -1.10. The Morgan fingerprint density at radius 2 is 2.14 bits per heavy atom. The molecule has 110 valence electrons. The first-order valence-electron chi connectivity index (χ1n) is 6.40. The molecule has 0 atom stereocenters. The lowest BCUT2D eigenvalue weighted by Gasteiger charge is -2.09. The summed E-state index contributed by atoms with van der Waals surface area (Å²) in [5.74, 6) is -0.752. The zero-order valence-corrected chi connectivity index (χ0v) is 12.5. The van der Waals surface area contributed by atoms with Gasteiger partial charge >= 0.3 is 5.97 Å². The lowest BCUT2D eigenvalue weighted by Crippen LogP contribution is -2.24. The molecule has 1 N–H and O–H groups in total. The Hall–Kier alpha value is -2.15. The molecule has 0 fully saturated rings. The molecule has 2 heterocycles. The van der Waals surface area contributed by atoms with Gasteiger partial charge in [-0.15, -0.1) is 0 Å². The van der Waals surface area contributed by atoms with Gasteiger partial charge in [-0.2, -0.15) is 0 Å². The topological polar surface area (TPSA) is 85.1 Å². The third-order valence-electron chi connectivity index (χ3n) is 2.61. The summed E-state index contributed by atoms with van der Waals surface area (Å²) in [6.07, 6.45) is 4.63. The van der Waals surface area contributed by atoms with Gasteiger partial charge in [0.05, 0.1) is 0 Å². The van der Waals surface area contributed by atoms with Crippen LogP contribution in [0, 0.1) is 5.92 Å². The van der Waals surface area contributed by atoms with E-state index in [1.54, 1.807) is 23.0 Å². The first kappa shape index (κ1) is 15.2. The summed E-state index contributed by atoms with van der Waals surface area (Å²) in [5.41, 5.74) is -0.233. The van der Waals surface area contributed by atoms with Gasteiger partial charge in [0.25, 0.3) is 5.56 Å². The number of aromatic nitrogens is 3. The van der Waals surface area contributed by atoms with Crippen molar-refractivity contribution in [3.8, 4) is 0 Å². The number of nitrogens with zero attached hydrogens (tertiary/aromatic N) is 3. The minimum Gasteiger partial charge on any atom is -0.477 e. The van der Waals surface area contributed by atoms with Crippen molar-refractivity contribution in [3.63, 3.8) is 0 Å². The fraction of sp³-hybridized carbons (Fsp3) is 0.286. The van der Waals surface area contributed by atoms with Crippen LogP contribution in [0.3, 0.4) is 0 Å². The number of carboxylic acids is 1. The standard InChI is InChI=1S/C14H15N3O3S/c1-9(2)8-17-6-5-16-12(13(17)18)21-10-3-4-15-11(7-10)14(19)20/h3-7,9H,8H2,1-2H3,(H,19,20). The molecule has 0 spiro atoms. The van der Waals surface area contributed by atoms with Crippen LogP contribution in [0.5, 0.6) is 0 Å². The van der Waals surface area contributed by atoms with E-state index in [1.807, 2.05) is 13.8 Å². The van der Waals surface area contributed by atoms with Crippen LogP contribution in [0.1, 0.15) is 24.3 Å². The van der Waals surface area contributed by atoms with Gasteiger partial charge in [0.15, 0.2) is 5.03 Å². The molecule has 2 aromatic rings. The number of carbonyl (C=O) groups is 1. The zero-order chi connectivity index (χ0) is 15.4. The molecule has 7 heteroatoms. The smallest absolute Gasteiger partial charge is 0.354 e. The van der Waals surface area contributed by atoms with E-state index in [1.165, 1.54) is 12.3 Å². The Morgan fingerprint density at radius 3 is 2.81 bits per heavy atom. The van der Waals surface area contributed by atoms with E-state index in [4.69, 9.17) is 5.11 Å². The van der Waals surface area contributed by atoms with Crippen LogP contribution < -0.4 is 5.56 Å². The van der Waals surface area contributed by atoms with E-state index in [-0.39, 0.29) is 11.3 Å². The highest BCUT2D eigenvalue weighted by Crippen LogP contribution is 2.23. The second kappa shape index (κ2) is 6.53. The van der Waals surface area contributed by atoms with Gasteiger partial charge in [-0.05, 0) is 18.1 Å². The predicted molar refractivity (Wildman–Crippen MR) is 78.7 cm³/mol. The van der Waals surface area contributed by atoms with E-state index in [0.717, 1.165) is 11.8 Å². The fourth-order valence-corrected chi connectivity index (χ4v) is 2.58. The number of hydrogen-bond acceptors (Lipinski definition) is 5. The van der Waals surface area contributed by atoms with Gasteiger partial charge in [-0.3, -0.25) is 4.79 Å². The highest BCUT2D eigenvalue weighted by atomic mass is 32.2. The van der Waals surface area contributed by atoms with E-state index < -0.39 is 5.97 Å². The lowest BCUT2D eigenvalue weighted by atomic mass is 10.2. The molecule has 0 unspecified atom stereocenters. The molecular weight excluding hydrogens is 290 g/mol. The van der Waals surface area contributed by atoms with Gasteiger partial charge in [0, 0.05) is 30.0 Å². The van der Waals surface area contributed by atoms with Crippen LogP contribution in [-0.2, 0) is 6.54 Å². The normalized spacial score (nSPS) is 10.8. The SMILES string of the molecule is CC(C)Cn1ccnc(Sc2ccnc(C(=O)O)c2)c1=O. The van der Waals surface area contributed by atoms with Crippen LogP contribution in [-0.4, -0.2) is 25.6 Å². The number of rotatable bonds is 5. The Balaban J connectivity index is 2.30. The van der Waals surface area contributed by atoms with Crippen LogP contribution >= 0.6 is 11.8 Å². The first-order chi connectivity index (χ1) is 9.97. The molecule has 0 amide bonds. The van der Waals surface area contributed by atoms with Crippen LogP contribution in [0.25, 0.3) is 0 Å². The van der Waals surface area contributed by atoms with E-state index >= 15 is 0 Å². The molecule has 0 saturated heterocycles. The summed E-state index contributed by atoms with van der Waals surface area (Å²) in [6, 6.07) is 3.08. The number of aromatic carboxylic acids is 1. The molecule has 0 bridgehead atoms. The van der Waals surface area contributed by atoms with Crippen molar-refractivity contribution < 1.29 is 9.90 Å². The Kier molecular flexibility index (Phi) is 4.74. The van der Waals surface area contributed by atoms with E-state index in [9.17, 15) is 9.59 Å². The highest BCUT2D eigenvalue weighted by molar-refractivity contribution is 7.99. The third-order valence-corrected chi connectivity index (χ3v) is 3.57. The summed E-state index contributed by atoms with van der Waals surface area (Å²) in [5, 5.41) is 9.24. The molecule has 0 aliphatic carbocycles. The molecule has 2 aromatic heterocycles. The third kappa shape index (κ3) is 3.91. The zero-order valence-electron chi connectivity index (χ0n) is 11.7. The van der Waals surface area contributed by atoms with Crippen molar-refractivity contribution >= 4 is 17.7 Å². The highest BCUT2D eigenvalue weighted by Gasteiger charge is 2.10. The first-order valence-corrected chi connectivity index (χ1v) is 7.21. The average molecular weight is 305 g/mol. The summed E-state index contributed by atoms with van der Waals surface area (Å²) in [7, 11) is 0. The molecule has 0 aliphatic heterocycles. The van der Waals surface area contributed by atoms with Crippen molar-refractivity contribution in [2.45, 2.75) is 30.3 Å². The Labute approximate surface area is 125 Å². The molecule has 0 aliphatic rings. The van der Waals surface area contributed by atoms with E-state index in [2.05, 4.69) is 9.97 Å². The number of pyridine rings is 1. The van der Waals surface area contributed by atoms with Crippen molar-refractivity contribution in [2.75, 3.05) is 0 Å². The van der Waals surface area contributed by atoms with Crippen LogP contribution in [0.4, 0.5) is 0 Å². The average Bonchev–Trinajstić information content (AvgIpc) is 2.43. The second-order valence-corrected chi connectivity index (χ2v) is 5.93. The molecule has 0 radical (unpaired) electrons. The largest absolute Gasteiger partial charge is 0.477 e. The predicted octanol–water partition coefficient (Wildman–Crippen LogP) is 2.14. The number of carboxylic acid groups (broad SMARTS) is 1. The maximum Gasteiger partial charge on any atom is 0.354 e. The summed E-state index contributed by atoms with van der Waals surface area (Å²) >= 11 is 1.14. The van der Waals surface area contributed by atoms with Crippen molar-refractivity contribution in [2.24, 2.45) is 5.92 Å². The second-order valence-electron chi connectivity index (χ2n) is 4.87. The van der Waals surface area contributed by atoms with Crippen molar-refractivity contribution in [1.29, 1.82) is 0 Å². The monoisotopic (exact) mass is 305 g/mol. The minimum absolute atomic E-state index is 0.0570. The maximum absolute atomic E-state index is 12.3. The van der Waals surface area contributed by atoms with Crippen molar-refractivity contribution in [3.05, 3.63) is 46.8 Å². The number of hydrogen-bond donors (Lipinski definition) is 1. The molecular formula is C14H15N3O3S. The van der Waals surface area contributed by atoms with Crippen molar-refractivity contribution in [1.82, 2.24) is 14.5 Å².